The summed E-state index contributed by atoms with van der Waals surface area (Å²) >= 11 is 2.38. The molecule has 0 amide bonds. The van der Waals surface area contributed by atoms with Crippen molar-refractivity contribution in [1.29, 1.82) is 0 Å². The Bertz CT molecular complexity index is 772. The van der Waals surface area contributed by atoms with Crippen LogP contribution in [0.4, 0.5) is 0 Å². The molecule has 22 heavy (non-hydrogen) atoms. The number of unbranched alkanes of at least 4 members (excludes halogenated alkanes) is 1. The third-order valence-corrected chi connectivity index (χ3v) is 4.76. The van der Waals surface area contributed by atoms with E-state index < -0.39 is 0 Å². The van der Waals surface area contributed by atoms with Gasteiger partial charge in [0.2, 0.25) is 0 Å². The third kappa shape index (κ3) is 3.20. The molecule has 0 aliphatic carbocycles. The minimum atomic E-state index is 0.764. The summed E-state index contributed by atoms with van der Waals surface area (Å²) in [5.74, 6) is 0. The molecule has 0 saturated carbocycles. The topological polar surface area (TPSA) is 41.8 Å². The zero-order valence-corrected chi connectivity index (χ0v) is 15.0. The van der Waals surface area contributed by atoms with E-state index in [4.69, 9.17) is 5.73 Å². The van der Waals surface area contributed by atoms with Gasteiger partial charge >= 0.3 is 0 Å². The third-order valence-electron chi connectivity index (χ3n) is 4.09. The van der Waals surface area contributed by atoms with Crippen LogP contribution in [-0.4, -0.2) is 11.5 Å². The van der Waals surface area contributed by atoms with Crippen LogP contribution in [-0.2, 0) is 6.42 Å². The van der Waals surface area contributed by atoms with Crippen LogP contribution in [0, 0.1) is 10.5 Å². The van der Waals surface area contributed by atoms with Crippen molar-refractivity contribution in [2.24, 2.45) is 5.73 Å². The lowest BCUT2D eigenvalue weighted by Gasteiger charge is -2.06. The van der Waals surface area contributed by atoms with E-state index in [0.29, 0.717) is 0 Å². The first kappa shape index (κ1) is 15.6. The molecule has 3 N–H and O–H groups in total. The Labute approximate surface area is 145 Å². The Hall–Kier alpha value is -1.33. The van der Waals surface area contributed by atoms with Crippen LogP contribution in [0.3, 0.4) is 0 Å². The summed E-state index contributed by atoms with van der Waals surface area (Å²) in [6.45, 7) is 2.89. The highest BCUT2D eigenvalue weighted by Crippen LogP contribution is 2.32. The number of aromatic nitrogens is 1. The second-order valence-corrected chi connectivity index (χ2v) is 7.03. The first-order valence-corrected chi connectivity index (χ1v) is 8.84. The lowest BCUT2D eigenvalue weighted by Crippen LogP contribution is -1.99. The average molecular weight is 404 g/mol. The number of aryl methyl sites for hydroxylation is 2. The van der Waals surface area contributed by atoms with Crippen LogP contribution >= 0.6 is 22.6 Å². The van der Waals surface area contributed by atoms with Crippen molar-refractivity contribution >= 4 is 33.5 Å². The number of rotatable bonds is 5. The fourth-order valence-electron chi connectivity index (χ4n) is 2.89. The van der Waals surface area contributed by atoms with E-state index in [2.05, 4.69) is 77.0 Å². The summed E-state index contributed by atoms with van der Waals surface area (Å²) in [4.78, 5) is 3.62. The molecule has 0 spiro atoms. The number of aromatic amines is 1. The van der Waals surface area contributed by atoms with E-state index in [1.807, 2.05) is 0 Å². The summed E-state index contributed by atoms with van der Waals surface area (Å²) in [6.07, 6.45) is 3.28. The van der Waals surface area contributed by atoms with Gasteiger partial charge in [-0.15, -0.1) is 0 Å². The number of halogens is 1. The molecule has 0 radical (unpaired) electrons. The minimum absolute atomic E-state index is 0.764. The molecule has 0 aliphatic heterocycles. The maximum absolute atomic E-state index is 5.66. The SMILES string of the molecule is Cc1ccc(-c2[nH]c3ccc(I)cc3c2CCCCN)cc1. The first-order valence-electron chi connectivity index (χ1n) is 7.76. The van der Waals surface area contributed by atoms with Crippen LogP contribution < -0.4 is 5.73 Å². The molecule has 0 atom stereocenters. The van der Waals surface area contributed by atoms with E-state index in [9.17, 15) is 0 Å². The molecule has 0 aliphatic rings. The summed E-state index contributed by atoms with van der Waals surface area (Å²) < 4.78 is 1.28. The van der Waals surface area contributed by atoms with E-state index in [0.717, 1.165) is 25.8 Å². The number of hydrogen-bond acceptors (Lipinski definition) is 1. The number of hydrogen-bond donors (Lipinski definition) is 2. The Morgan fingerprint density at radius 3 is 2.55 bits per heavy atom. The second-order valence-electron chi connectivity index (χ2n) is 5.78. The number of benzene rings is 2. The summed E-state index contributed by atoms with van der Waals surface area (Å²) in [6, 6.07) is 15.4. The molecule has 3 aromatic rings. The van der Waals surface area contributed by atoms with Gasteiger partial charge in [0, 0.05) is 20.2 Å². The molecule has 0 fully saturated rings. The van der Waals surface area contributed by atoms with Crippen molar-refractivity contribution in [2.75, 3.05) is 6.54 Å². The van der Waals surface area contributed by atoms with Crippen LogP contribution in [0.25, 0.3) is 22.2 Å². The van der Waals surface area contributed by atoms with Crippen molar-refractivity contribution in [3.05, 3.63) is 57.2 Å². The van der Waals surface area contributed by atoms with Gasteiger partial charge in [-0.05, 0) is 84.6 Å². The molecule has 0 saturated heterocycles. The van der Waals surface area contributed by atoms with E-state index in [1.54, 1.807) is 0 Å². The van der Waals surface area contributed by atoms with Crippen LogP contribution in [0.15, 0.2) is 42.5 Å². The highest BCUT2D eigenvalue weighted by molar-refractivity contribution is 14.1. The molecular weight excluding hydrogens is 383 g/mol. The summed E-state index contributed by atoms with van der Waals surface area (Å²) in [5.41, 5.74) is 12.1. The smallest absolute Gasteiger partial charge is 0.0497 e. The zero-order valence-electron chi connectivity index (χ0n) is 12.8. The molecule has 2 aromatic carbocycles. The molecule has 3 heteroatoms. The Kier molecular flexibility index (Phi) is 4.84. The van der Waals surface area contributed by atoms with Gasteiger partial charge in [0.05, 0.1) is 0 Å². The fourth-order valence-corrected chi connectivity index (χ4v) is 3.38. The van der Waals surface area contributed by atoms with E-state index in [-0.39, 0.29) is 0 Å². The fraction of sp³-hybridized carbons (Fsp3) is 0.263. The molecule has 114 valence electrons. The molecule has 1 heterocycles. The van der Waals surface area contributed by atoms with Crippen molar-refractivity contribution in [2.45, 2.75) is 26.2 Å². The van der Waals surface area contributed by atoms with Crippen LogP contribution in [0.1, 0.15) is 24.0 Å². The van der Waals surface area contributed by atoms with Gasteiger partial charge in [-0.1, -0.05) is 29.8 Å². The quantitative estimate of drug-likeness (QED) is 0.455. The molecule has 0 bridgehead atoms. The highest BCUT2D eigenvalue weighted by atomic mass is 127. The Balaban J connectivity index is 2.10. The predicted molar refractivity (Wildman–Crippen MR) is 103 cm³/mol. The molecule has 0 unspecified atom stereocenters. The second kappa shape index (κ2) is 6.84. The van der Waals surface area contributed by atoms with Gasteiger partial charge in [0.25, 0.3) is 0 Å². The monoisotopic (exact) mass is 404 g/mol. The number of nitrogens with one attached hydrogen (secondary N) is 1. The minimum Gasteiger partial charge on any atom is -0.354 e. The maximum atomic E-state index is 5.66. The summed E-state index contributed by atoms with van der Waals surface area (Å²) in [5, 5.41) is 1.35. The normalized spacial score (nSPS) is 11.2. The van der Waals surface area contributed by atoms with Gasteiger partial charge in [-0.3, -0.25) is 0 Å². The van der Waals surface area contributed by atoms with E-state index >= 15 is 0 Å². The zero-order chi connectivity index (χ0) is 15.5. The predicted octanol–water partition coefficient (Wildman–Crippen LogP) is 5.03. The van der Waals surface area contributed by atoms with Crippen molar-refractivity contribution < 1.29 is 0 Å². The highest BCUT2D eigenvalue weighted by Gasteiger charge is 2.13. The first-order chi connectivity index (χ1) is 10.7. The van der Waals surface area contributed by atoms with E-state index in [1.165, 1.54) is 36.9 Å². The maximum Gasteiger partial charge on any atom is 0.0497 e. The van der Waals surface area contributed by atoms with Crippen molar-refractivity contribution in [1.82, 2.24) is 4.98 Å². The lowest BCUT2D eigenvalue weighted by atomic mass is 10.00. The molecule has 2 nitrogen and oxygen atoms in total. The molecule has 3 rings (SSSR count). The standard InChI is InChI=1S/C19H21IN2/c1-13-5-7-14(8-6-13)19-16(4-2-3-11-21)17-12-15(20)9-10-18(17)22-19/h5-10,12,22H,2-4,11,21H2,1H3. The van der Waals surface area contributed by atoms with Gasteiger partial charge in [-0.2, -0.15) is 0 Å². The number of nitrogens with two attached hydrogens (primary N) is 1. The van der Waals surface area contributed by atoms with Crippen molar-refractivity contribution in [3.63, 3.8) is 0 Å². The van der Waals surface area contributed by atoms with Crippen LogP contribution in [0.2, 0.25) is 0 Å². The largest absolute Gasteiger partial charge is 0.354 e. The molecular formula is C19H21IN2. The Morgan fingerprint density at radius 2 is 1.82 bits per heavy atom. The lowest BCUT2D eigenvalue weighted by molar-refractivity contribution is 0.748. The van der Waals surface area contributed by atoms with Crippen molar-refractivity contribution in [3.8, 4) is 11.3 Å². The number of H-pyrrole nitrogens is 1. The van der Waals surface area contributed by atoms with Crippen LogP contribution in [0.5, 0.6) is 0 Å². The van der Waals surface area contributed by atoms with Gasteiger partial charge in [-0.25, -0.2) is 0 Å². The Morgan fingerprint density at radius 1 is 1.05 bits per heavy atom. The average Bonchev–Trinajstić information content (AvgIpc) is 2.86. The summed E-state index contributed by atoms with van der Waals surface area (Å²) in [7, 11) is 0. The number of fused-ring (bicyclic) bond motifs is 1. The van der Waals surface area contributed by atoms with Gasteiger partial charge in [0.15, 0.2) is 0 Å². The molecule has 1 aromatic heterocycles. The van der Waals surface area contributed by atoms with Gasteiger partial charge in [0.1, 0.15) is 0 Å². The van der Waals surface area contributed by atoms with Gasteiger partial charge < -0.3 is 10.7 Å².